The molecule has 5 rings (SSSR count). The Morgan fingerprint density at radius 1 is 1.17 bits per heavy atom. The van der Waals surface area contributed by atoms with Gasteiger partial charge in [-0.3, -0.25) is 0 Å². The molecular formula is C24H27F2N7O2. The van der Waals surface area contributed by atoms with E-state index < -0.39 is 17.2 Å². The van der Waals surface area contributed by atoms with Gasteiger partial charge in [0.15, 0.2) is 17.5 Å². The van der Waals surface area contributed by atoms with Gasteiger partial charge in [0.05, 0.1) is 5.56 Å². The molecule has 2 N–H and O–H groups in total. The molecule has 0 bridgehead atoms. The number of pyridine rings is 1. The average Bonchev–Trinajstić information content (AvgIpc) is 3.50. The molecule has 3 atom stereocenters. The number of fused-ring (bicyclic) bond motifs is 1. The summed E-state index contributed by atoms with van der Waals surface area (Å²) < 4.78 is 34.9. The number of rotatable bonds is 3. The molecule has 1 aliphatic heterocycles. The number of carbonyl (C=O) groups excluding carboxylic acids is 1. The summed E-state index contributed by atoms with van der Waals surface area (Å²) in [4.78, 5) is 18.6. The number of tetrazole rings is 1. The minimum absolute atomic E-state index is 0.118. The van der Waals surface area contributed by atoms with Gasteiger partial charge in [0.1, 0.15) is 17.1 Å². The van der Waals surface area contributed by atoms with Crippen LogP contribution in [0, 0.1) is 23.5 Å². The van der Waals surface area contributed by atoms with Gasteiger partial charge in [-0.15, -0.1) is 5.10 Å². The van der Waals surface area contributed by atoms with Gasteiger partial charge < -0.3 is 15.4 Å². The van der Waals surface area contributed by atoms with Crippen LogP contribution < -0.4 is 5.73 Å². The number of carbonyl (C=O) groups is 1. The SMILES string of the molecule is CC(C)(C)OC(=O)N1C[C@H]2CC(c3cnc(N)c(-c4nnnn4-c4cccc(F)c4F)c3)C[C@H]2C1. The van der Waals surface area contributed by atoms with E-state index in [1.54, 1.807) is 11.1 Å². The van der Waals surface area contributed by atoms with Crippen molar-refractivity contribution in [2.75, 3.05) is 18.8 Å². The normalized spacial score (nSPS) is 21.9. The maximum atomic E-state index is 14.4. The second-order valence-corrected chi connectivity index (χ2v) is 10.3. The third kappa shape index (κ3) is 4.42. The summed E-state index contributed by atoms with van der Waals surface area (Å²) in [6.45, 7) is 6.93. The molecule has 1 aliphatic carbocycles. The Balaban J connectivity index is 1.36. The molecule has 1 saturated carbocycles. The van der Waals surface area contributed by atoms with Crippen LogP contribution >= 0.6 is 0 Å². The van der Waals surface area contributed by atoms with Gasteiger partial charge in [-0.2, -0.15) is 4.68 Å². The lowest BCUT2D eigenvalue weighted by Gasteiger charge is -2.25. The van der Waals surface area contributed by atoms with Gasteiger partial charge in [-0.1, -0.05) is 6.07 Å². The van der Waals surface area contributed by atoms with Crippen molar-refractivity contribution in [3.05, 3.63) is 47.7 Å². The van der Waals surface area contributed by atoms with Crippen molar-refractivity contribution >= 4 is 11.9 Å². The lowest BCUT2D eigenvalue weighted by atomic mass is 9.96. The fourth-order valence-corrected chi connectivity index (χ4v) is 5.11. The number of hydrogen-bond donors (Lipinski definition) is 1. The van der Waals surface area contributed by atoms with E-state index >= 15 is 0 Å². The van der Waals surface area contributed by atoms with Crippen LogP contribution in [0.2, 0.25) is 0 Å². The van der Waals surface area contributed by atoms with Crippen molar-refractivity contribution in [1.82, 2.24) is 30.1 Å². The predicted molar refractivity (Wildman–Crippen MR) is 123 cm³/mol. The number of anilines is 1. The Bertz CT molecular complexity index is 1260. The first-order chi connectivity index (χ1) is 16.6. The van der Waals surface area contributed by atoms with Crippen molar-refractivity contribution in [2.24, 2.45) is 11.8 Å². The Labute approximate surface area is 201 Å². The molecule has 0 radical (unpaired) electrons. The molecule has 2 aromatic heterocycles. The minimum Gasteiger partial charge on any atom is -0.444 e. The highest BCUT2D eigenvalue weighted by atomic mass is 19.2. The fraction of sp³-hybridized carbons (Fsp3) is 0.458. The zero-order valence-electron chi connectivity index (χ0n) is 19.8. The summed E-state index contributed by atoms with van der Waals surface area (Å²) in [7, 11) is 0. The van der Waals surface area contributed by atoms with Crippen LogP contribution in [0.4, 0.5) is 19.4 Å². The van der Waals surface area contributed by atoms with Crippen molar-refractivity contribution in [3.63, 3.8) is 0 Å². The van der Waals surface area contributed by atoms with Crippen LogP contribution in [0.1, 0.15) is 45.1 Å². The average molecular weight is 484 g/mol. The van der Waals surface area contributed by atoms with E-state index in [0.717, 1.165) is 29.2 Å². The molecule has 0 spiro atoms. The smallest absolute Gasteiger partial charge is 0.410 e. The summed E-state index contributed by atoms with van der Waals surface area (Å²) in [5.74, 6) is -0.705. The highest BCUT2D eigenvalue weighted by Gasteiger charge is 2.44. The van der Waals surface area contributed by atoms with Gasteiger partial charge in [0.2, 0.25) is 0 Å². The zero-order chi connectivity index (χ0) is 24.9. The van der Waals surface area contributed by atoms with Crippen molar-refractivity contribution in [1.29, 1.82) is 0 Å². The van der Waals surface area contributed by atoms with E-state index in [9.17, 15) is 13.6 Å². The molecule has 35 heavy (non-hydrogen) atoms. The molecule has 11 heteroatoms. The van der Waals surface area contributed by atoms with E-state index in [1.807, 2.05) is 26.8 Å². The van der Waals surface area contributed by atoms with Crippen LogP contribution in [0.3, 0.4) is 0 Å². The molecule has 1 saturated heterocycles. The first-order valence-electron chi connectivity index (χ1n) is 11.6. The number of aromatic nitrogens is 5. The van der Waals surface area contributed by atoms with Crippen LogP contribution in [-0.2, 0) is 4.74 Å². The molecule has 2 fully saturated rings. The molecule has 1 amide bonds. The molecule has 1 aromatic carbocycles. The molecule has 2 aliphatic rings. The summed E-state index contributed by atoms with van der Waals surface area (Å²) >= 11 is 0. The number of likely N-dealkylation sites (tertiary alicyclic amines) is 1. The van der Waals surface area contributed by atoms with Crippen molar-refractivity contribution in [2.45, 2.75) is 45.1 Å². The Morgan fingerprint density at radius 3 is 2.57 bits per heavy atom. The highest BCUT2D eigenvalue weighted by molar-refractivity contribution is 5.70. The maximum absolute atomic E-state index is 14.4. The van der Waals surface area contributed by atoms with E-state index in [0.29, 0.717) is 30.5 Å². The van der Waals surface area contributed by atoms with Crippen LogP contribution in [0.5, 0.6) is 0 Å². The quantitative estimate of drug-likeness (QED) is 0.600. The summed E-state index contributed by atoms with van der Waals surface area (Å²) in [5.41, 5.74) is 6.92. The predicted octanol–water partition coefficient (Wildman–Crippen LogP) is 3.95. The Kier molecular flexibility index (Phi) is 5.65. The van der Waals surface area contributed by atoms with Gasteiger partial charge in [0, 0.05) is 19.3 Å². The number of amides is 1. The number of nitrogens with zero attached hydrogens (tertiary/aromatic N) is 6. The van der Waals surface area contributed by atoms with Crippen LogP contribution in [0.15, 0.2) is 30.5 Å². The van der Waals surface area contributed by atoms with E-state index in [2.05, 4.69) is 20.5 Å². The van der Waals surface area contributed by atoms with E-state index in [-0.39, 0.29) is 29.3 Å². The Morgan fingerprint density at radius 2 is 1.89 bits per heavy atom. The van der Waals surface area contributed by atoms with Gasteiger partial charge in [-0.05, 0) is 85.6 Å². The largest absolute Gasteiger partial charge is 0.444 e. The third-order valence-corrected chi connectivity index (χ3v) is 6.68. The second kappa shape index (κ2) is 8.54. The topological polar surface area (TPSA) is 112 Å². The number of halogens is 2. The Hall–Kier alpha value is -3.63. The summed E-state index contributed by atoms with van der Waals surface area (Å²) in [5, 5.41) is 11.5. The van der Waals surface area contributed by atoms with Crippen LogP contribution in [-0.4, -0.2) is 54.9 Å². The van der Waals surface area contributed by atoms with E-state index in [1.165, 1.54) is 12.1 Å². The fourth-order valence-electron chi connectivity index (χ4n) is 5.11. The van der Waals surface area contributed by atoms with E-state index in [4.69, 9.17) is 10.5 Å². The van der Waals surface area contributed by atoms with Gasteiger partial charge in [-0.25, -0.2) is 18.6 Å². The second-order valence-electron chi connectivity index (χ2n) is 10.3. The number of ether oxygens (including phenoxy) is 1. The standard InChI is InChI=1S/C24H27F2N7O2/c1-24(2,3)35-23(34)32-11-15-7-13(8-16(15)12-32)14-9-17(21(27)28-10-14)22-29-30-31-33(22)19-6-4-5-18(25)20(19)26/h4-6,9-10,13,15-16H,7-8,11-12H2,1-3H3,(H2,27,28)/t13?,15-,16+. The highest BCUT2D eigenvalue weighted by Crippen LogP contribution is 2.47. The number of nitrogens with two attached hydrogens (primary N) is 1. The third-order valence-electron chi connectivity index (χ3n) is 6.68. The molecule has 3 aromatic rings. The zero-order valence-corrected chi connectivity index (χ0v) is 19.8. The number of benzene rings is 1. The number of hydrogen-bond acceptors (Lipinski definition) is 7. The first-order valence-corrected chi connectivity index (χ1v) is 11.6. The minimum atomic E-state index is -1.05. The summed E-state index contributed by atoms with van der Waals surface area (Å²) in [6.07, 6.45) is 3.28. The molecule has 9 nitrogen and oxygen atoms in total. The first kappa shape index (κ1) is 23.1. The molecular weight excluding hydrogens is 456 g/mol. The van der Waals surface area contributed by atoms with Gasteiger partial charge >= 0.3 is 6.09 Å². The maximum Gasteiger partial charge on any atom is 0.410 e. The van der Waals surface area contributed by atoms with Gasteiger partial charge in [0.25, 0.3) is 0 Å². The molecule has 184 valence electrons. The summed E-state index contributed by atoms with van der Waals surface area (Å²) in [6, 6.07) is 5.68. The lowest BCUT2D eigenvalue weighted by molar-refractivity contribution is 0.0279. The molecule has 3 heterocycles. The monoisotopic (exact) mass is 483 g/mol. The van der Waals surface area contributed by atoms with Crippen LogP contribution in [0.25, 0.3) is 17.1 Å². The lowest BCUT2D eigenvalue weighted by Crippen LogP contribution is -2.36. The number of nitrogen functional groups attached to an aromatic ring is 1. The van der Waals surface area contributed by atoms with Crippen molar-refractivity contribution in [3.8, 4) is 17.1 Å². The molecule has 1 unspecified atom stereocenters. The van der Waals surface area contributed by atoms with Crippen molar-refractivity contribution < 1.29 is 18.3 Å².